The van der Waals surface area contributed by atoms with E-state index >= 15 is 0 Å². The number of likely N-dealkylation sites (tertiary alicyclic amines) is 2. The highest BCUT2D eigenvalue weighted by molar-refractivity contribution is 6.08. The molecule has 0 spiro atoms. The van der Waals surface area contributed by atoms with E-state index in [1.54, 1.807) is 11.8 Å². The van der Waals surface area contributed by atoms with Crippen LogP contribution in [0.15, 0.2) is 42.5 Å². The van der Waals surface area contributed by atoms with Crippen LogP contribution in [0.3, 0.4) is 0 Å². The van der Waals surface area contributed by atoms with E-state index in [0.29, 0.717) is 44.3 Å². The van der Waals surface area contributed by atoms with Gasteiger partial charge in [-0.2, -0.15) is 0 Å². The number of hydrogen-bond acceptors (Lipinski definition) is 4. The number of allylic oxidation sites excluding steroid dienone is 2. The summed E-state index contributed by atoms with van der Waals surface area (Å²) < 4.78 is 0. The third-order valence-electron chi connectivity index (χ3n) is 6.52. The normalized spacial score (nSPS) is 25.8. The molecule has 29 heavy (non-hydrogen) atoms. The molecule has 1 aromatic carbocycles. The van der Waals surface area contributed by atoms with Gasteiger partial charge < -0.3 is 4.90 Å². The Morgan fingerprint density at radius 3 is 2.03 bits per heavy atom. The summed E-state index contributed by atoms with van der Waals surface area (Å²) in [6, 6.07) is 8.44. The number of hydrogen-bond donors (Lipinski definition) is 0. The molecule has 1 aromatic rings. The number of ketones is 1. The molecular formula is C23H26N2O4. The van der Waals surface area contributed by atoms with E-state index in [4.69, 9.17) is 0 Å². The molecule has 2 saturated heterocycles. The molecule has 152 valence electrons. The number of fused-ring (bicyclic) bond motifs is 1. The lowest BCUT2D eigenvalue weighted by atomic mass is 9.85. The number of benzene rings is 1. The van der Waals surface area contributed by atoms with E-state index in [0.717, 1.165) is 0 Å². The summed E-state index contributed by atoms with van der Waals surface area (Å²) in [5, 5.41) is 0. The van der Waals surface area contributed by atoms with Gasteiger partial charge in [-0.05, 0) is 32.6 Å². The van der Waals surface area contributed by atoms with Crippen LogP contribution in [-0.4, -0.2) is 52.4 Å². The Kier molecular flexibility index (Phi) is 5.35. The number of nitrogens with zero attached hydrogens (tertiary/aromatic N) is 2. The lowest BCUT2D eigenvalue weighted by Gasteiger charge is -2.34. The van der Waals surface area contributed by atoms with E-state index in [1.165, 1.54) is 4.90 Å². The minimum atomic E-state index is -0.790. The SMILES string of the molecule is CC(C(=O)N1CCC(C(=O)c2ccccc2)CC1)N1C(=O)C2CC=CCC2C1=O. The fraction of sp³-hybridized carbons (Fsp3) is 0.478. The van der Waals surface area contributed by atoms with Gasteiger partial charge >= 0.3 is 0 Å². The molecule has 1 aliphatic carbocycles. The lowest BCUT2D eigenvalue weighted by Crippen LogP contribution is -2.52. The quantitative estimate of drug-likeness (QED) is 0.447. The van der Waals surface area contributed by atoms with Crippen molar-refractivity contribution in [2.24, 2.45) is 17.8 Å². The van der Waals surface area contributed by atoms with Crippen molar-refractivity contribution in [3.05, 3.63) is 48.0 Å². The van der Waals surface area contributed by atoms with Crippen LogP contribution in [-0.2, 0) is 14.4 Å². The van der Waals surface area contributed by atoms with Crippen molar-refractivity contribution >= 4 is 23.5 Å². The molecule has 6 heteroatoms. The predicted molar refractivity (Wildman–Crippen MR) is 107 cm³/mol. The Labute approximate surface area is 170 Å². The average molecular weight is 394 g/mol. The highest BCUT2D eigenvalue weighted by Crippen LogP contribution is 2.36. The van der Waals surface area contributed by atoms with Crippen LogP contribution in [0.2, 0.25) is 0 Å². The van der Waals surface area contributed by atoms with Gasteiger partial charge in [-0.3, -0.25) is 24.1 Å². The lowest BCUT2D eigenvalue weighted by molar-refractivity contribution is -0.151. The van der Waals surface area contributed by atoms with Crippen molar-refractivity contribution in [2.45, 2.75) is 38.6 Å². The zero-order chi connectivity index (χ0) is 20.5. The fourth-order valence-electron chi connectivity index (χ4n) is 4.78. The fourth-order valence-corrected chi connectivity index (χ4v) is 4.78. The first-order valence-electron chi connectivity index (χ1n) is 10.4. The van der Waals surface area contributed by atoms with E-state index in [9.17, 15) is 19.2 Å². The van der Waals surface area contributed by atoms with Crippen LogP contribution in [0.5, 0.6) is 0 Å². The summed E-state index contributed by atoms with van der Waals surface area (Å²) in [5.74, 6) is -1.27. The molecule has 3 unspecified atom stereocenters. The van der Waals surface area contributed by atoms with E-state index in [2.05, 4.69) is 0 Å². The van der Waals surface area contributed by atoms with Gasteiger partial charge in [-0.15, -0.1) is 0 Å². The maximum Gasteiger partial charge on any atom is 0.245 e. The molecule has 6 nitrogen and oxygen atoms in total. The Morgan fingerprint density at radius 1 is 0.931 bits per heavy atom. The van der Waals surface area contributed by atoms with Crippen molar-refractivity contribution in [2.75, 3.05) is 13.1 Å². The van der Waals surface area contributed by atoms with Gasteiger partial charge in [0.1, 0.15) is 6.04 Å². The van der Waals surface area contributed by atoms with Crippen LogP contribution < -0.4 is 0 Å². The van der Waals surface area contributed by atoms with Gasteiger partial charge in [0.05, 0.1) is 11.8 Å². The molecular weight excluding hydrogens is 368 g/mol. The monoisotopic (exact) mass is 394 g/mol. The first-order valence-corrected chi connectivity index (χ1v) is 10.4. The standard InChI is InChI=1S/C23H26N2O4/c1-15(25-22(28)18-9-5-6-10-19(18)23(25)29)21(27)24-13-11-17(12-14-24)20(26)16-7-3-2-4-8-16/h2-8,15,17-19H,9-14H2,1H3. The number of carbonyl (C=O) groups is 4. The van der Waals surface area contributed by atoms with Crippen LogP contribution >= 0.6 is 0 Å². The highest BCUT2D eigenvalue weighted by atomic mass is 16.2. The van der Waals surface area contributed by atoms with Gasteiger partial charge in [-0.25, -0.2) is 0 Å². The third kappa shape index (κ3) is 3.52. The summed E-state index contributed by atoms with van der Waals surface area (Å²) in [6.45, 7) is 2.58. The second-order valence-electron chi connectivity index (χ2n) is 8.21. The number of Topliss-reactive ketones (excluding diaryl/α,β-unsaturated/α-hetero) is 1. The van der Waals surface area contributed by atoms with Crippen LogP contribution in [0.1, 0.15) is 43.0 Å². The molecule has 4 rings (SSSR count). The first kappa shape index (κ1) is 19.6. The van der Waals surface area contributed by atoms with Crippen molar-refractivity contribution in [1.29, 1.82) is 0 Å². The van der Waals surface area contributed by atoms with Gasteiger partial charge in [0.2, 0.25) is 17.7 Å². The molecule has 0 bridgehead atoms. The molecule has 2 fully saturated rings. The Bertz CT molecular complexity index is 829. The molecule has 0 aromatic heterocycles. The third-order valence-corrected chi connectivity index (χ3v) is 6.52. The van der Waals surface area contributed by atoms with E-state index in [1.807, 2.05) is 42.5 Å². The van der Waals surface area contributed by atoms with Crippen LogP contribution in [0.25, 0.3) is 0 Å². The van der Waals surface area contributed by atoms with Gasteiger partial charge in [0.25, 0.3) is 0 Å². The number of carbonyl (C=O) groups excluding carboxylic acids is 4. The maximum absolute atomic E-state index is 13.0. The van der Waals surface area contributed by atoms with Gasteiger partial charge in [0, 0.05) is 24.6 Å². The number of amides is 3. The van der Waals surface area contributed by atoms with Crippen molar-refractivity contribution in [1.82, 2.24) is 9.80 Å². The second-order valence-corrected chi connectivity index (χ2v) is 8.21. The van der Waals surface area contributed by atoms with E-state index < -0.39 is 6.04 Å². The summed E-state index contributed by atoms with van der Waals surface area (Å²) in [6.07, 6.45) is 6.22. The Morgan fingerprint density at radius 2 is 1.48 bits per heavy atom. The molecule has 3 amide bonds. The largest absolute Gasteiger partial charge is 0.341 e. The van der Waals surface area contributed by atoms with Crippen LogP contribution in [0.4, 0.5) is 0 Å². The number of rotatable bonds is 4. The van der Waals surface area contributed by atoms with Crippen LogP contribution in [0, 0.1) is 17.8 Å². The molecule has 0 N–H and O–H groups in total. The Balaban J connectivity index is 1.38. The molecule has 3 aliphatic rings. The summed E-state index contributed by atoms with van der Waals surface area (Å²) in [7, 11) is 0. The zero-order valence-electron chi connectivity index (χ0n) is 16.6. The molecule has 2 heterocycles. The average Bonchev–Trinajstić information content (AvgIpc) is 3.03. The molecule has 0 radical (unpaired) electrons. The van der Waals surface area contributed by atoms with Crippen molar-refractivity contribution in [3.8, 4) is 0 Å². The predicted octanol–water partition coefficient (Wildman–Crippen LogP) is 2.45. The minimum absolute atomic E-state index is 0.0965. The number of piperidine rings is 1. The summed E-state index contributed by atoms with van der Waals surface area (Å²) >= 11 is 0. The molecule has 2 aliphatic heterocycles. The van der Waals surface area contributed by atoms with Gasteiger partial charge in [-0.1, -0.05) is 42.5 Å². The topological polar surface area (TPSA) is 74.8 Å². The highest BCUT2D eigenvalue weighted by Gasteiger charge is 2.50. The minimum Gasteiger partial charge on any atom is -0.341 e. The van der Waals surface area contributed by atoms with Crippen molar-refractivity contribution in [3.63, 3.8) is 0 Å². The summed E-state index contributed by atoms with van der Waals surface area (Å²) in [5.41, 5.74) is 0.704. The zero-order valence-corrected chi connectivity index (χ0v) is 16.6. The first-order chi connectivity index (χ1) is 14.0. The summed E-state index contributed by atoms with van der Waals surface area (Å²) in [4.78, 5) is 54.0. The van der Waals surface area contributed by atoms with E-state index in [-0.39, 0.29) is 41.3 Å². The van der Waals surface area contributed by atoms with Crippen molar-refractivity contribution < 1.29 is 19.2 Å². The molecule has 0 saturated carbocycles. The second kappa shape index (κ2) is 7.93. The Hall–Kier alpha value is -2.76. The number of imide groups is 1. The smallest absolute Gasteiger partial charge is 0.245 e. The van der Waals surface area contributed by atoms with Gasteiger partial charge in [0.15, 0.2) is 5.78 Å². The maximum atomic E-state index is 13.0. The molecule has 3 atom stereocenters.